The van der Waals surface area contributed by atoms with Crippen molar-refractivity contribution in [2.45, 2.75) is 45.4 Å². The highest BCUT2D eigenvalue weighted by molar-refractivity contribution is 5.98. The van der Waals surface area contributed by atoms with E-state index in [0.29, 0.717) is 24.7 Å². The van der Waals surface area contributed by atoms with E-state index in [-0.39, 0.29) is 17.2 Å². The second kappa shape index (κ2) is 5.46. The molecule has 2 saturated heterocycles. The van der Waals surface area contributed by atoms with Crippen LogP contribution in [0.15, 0.2) is 4.52 Å². The van der Waals surface area contributed by atoms with Crippen LogP contribution in [-0.4, -0.2) is 35.0 Å². The van der Waals surface area contributed by atoms with E-state index in [1.165, 1.54) is 0 Å². The highest BCUT2D eigenvalue weighted by Gasteiger charge is 2.42. The molecular weight excluding hydrogens is 272 g/mol. The lowest BCUT2D eigenvalue weighted by molar-refractivity contribution is -0.138. The molecule has 2 fully saturated rings. The molecule has 0 unspecified atom stereocenters. The number of amides is 2. The van der Waals surface area contributed by atoms with Crippen LogP contribution >= 0.6 is 0 Å². The van der Waals surface area contributed by atoms with Gasteiger partial charge in [-0.1, -0.05) is 6.92 Å². The third-order valence-corrected chi connectivity index (χ3v) is 4.38. The molecule has 1 N–H and O–H groups in total. The molecule has 0 atom stereocenters. The standard InChI is InChI=1S/C14H20N4O3/c1-2-3-12-16-13(17-21-12)18-6-4-14(5-7-18)8-10(19)15-11(20)9-14/h2-9H2,1H3,(H,15,19,20). The Labute approximate surface area is 123 Å². The summed E-state index contributed by atoms with van der Waals surface area (Å²) in [5.74, 6) is 0.994. The van der Waals surface area contributed by atoms with Gasteiger partial charge in [0.15, 0.2) is 0 Å². The van der Waals surface area contributed by atoms with Gasteiger partial charge in [-0.25, -0.2) is 0 Å². The number of aryl methyl sites for hydroxylation is 1. The largest absolute Gasteiger partial charge is 0.338 e. The Bertz CT molecular complexity index is 528. The fourth-order valence-electron chi connectivity index (χ4n) is 3.21. The summed E-state index contributed by atoms with van der Waals surface area (Å²) in [6.45, 7) is 3.58. The maximum atomic E-state index is 11.6. The molecule has 2 aliphatic heterocycles. The predicted molar refractivity (Wildman–Crippen MR) is 74.6 cm³/mol. The maximum Gasteiger partial charge on any atom is 0.266 e. The van der Waals surface area contributed by atoms with Gasteiger partial charge in [0.05, 0.1) is 0 Å². The van der Waals surface area contributed by atoms with E-state index >= 15 is 0 Å². The molecule has 1 aromatic heterocycles. The molecule has 3 rings (SSSR count). The summed E-state index contributed by atoms with van der Waals surface area (Å²) in [5.41, 5.74) is -0.175. The third kappa shape index (κ3) is 2.91. The SMILES string of the molecule is CCCc1nc(N2CCC3(CC2)CC(=O)NC(=O)C3)no1. The van der Waals surface area contributed by atoms with Crippen molar-refractivity contribution in [1.29, 1.82) is 0 Å². The summed E-state index contributed by atoms with van der Waals surface area (Å²) >= 11 is 0. The van der Waals surface area contributed by atoms with E-state index in [1.807, 2.05) is 0 Å². The van der Waals surface area contributed by atoms with Gasteiger partial charge in [-0.15, -0.1) is 0 Å². The molecule has 0 bridgehead atoms. The van der Waals surface area contributed by atoms with Crippen LogP contribution < -0.4 is 10.2 Å². The fraction of sp³-hybridized carbons (Fsp3) is 0.714. The van der Waals surface area contributed by atoms with Crippen LogP contribution in [0.5, 0.6) is 0 Å². The van der Waals surface area contributed by atoms with Crippen molar-refractivity contribution >= 4 is 17.8 Å². The molecule has 2 amide bonds. The summed E-state index contributed by atoms with van der Waals surface area (Å²) in [6.07, 6.45) is 4.27. The average Bonchev–Trinajstić information content (AvgIpc) is 2.87. The Kier molecular flexibility index (Phi) is 3.65. The summed E-state index contributed by atoms with van der Waals surface area (Å²) in [7, 11) is 0. The molecule has 0 saturated carbocycles. The second-order valence-corrected chi connectivity index (χ2v) is 6.05. The zero-order valence-corrected chi connectivity index (χ0v) is 12.2. The van der Waals surface area contributed by atoms with Crippen LogP contribution in [-0.2, 0) is 16.0 Å². The third-order valence-electron chi connectivity index (χ3n) is 4.38. The predicted octanol–water partition coefficient (Wildman–Crippen LogP) is 1.05. The monoisotopic (exact) mass is 292 g/mol. The Balaban J connectivity index is 1.64. The van der Waals surface area contributed by atoms with Crippen molar-refractivity contribution in [3.8, 4) is 0 Å². The lowest BCUT2D eigenvalue weighted by atomic mass is 9.71. The normalized spacial score (nSPS) is 21.7. The van der Waals surface area contributed by atoms with Crippen molar-refractivity contribution in [3.05, 3.63) is 5.89 Å². The molecule has 114 valence electrons. The molecule has 1 aromatic rings. The Morgan fingerprint density at radius 3 is 2.52 bits per heavy atom. The molecule has 21 heavy (non-hydrogen) atoms. The molecule has 7 heteroatoms. The number of anilines is 1. The van der Waals surface area contributed by atoms with Crippen LogP contribution in [0, 0.1) is 5.41 Å². The van der Waals surface area contributed by atoms with Gasteiger partial charge in [0.2, 0.25) is 17.7 Å². The quantitative estimate of drug-likeness (QED) is 0.838. The van der Waals surface area contributed by atoms with Gasteiger partial charge in [0.25, 0.3) is 5.95 Å². The molecule has 0 aromatic carbocycles. The first-order valence-electron chi connectivity index (χ1n) is 7.50. The van der Waals surface area contributed by atoms with E-state index in [1.54, 1.807) is 0 Å². The number of carbonyl (C=O) groups excluding carboxylic acids is 2. The van der Waals surface area contributed by atoms with E-state index in [4.69, 9.17) is 4.52 Å². The van der Waals surface area contributed by atoms with Gasteiger partial charge in [0, 0.05) is 32.4 Å². The molecular formula is C14H20N4O3. The van der Waals surface area contributed by atoms with Gasteiger partial charge >= 0.3 is 0 Å². The summed E-state index contributed by atoms with van der Waals surface area (Å²) in [4.78, 5) is 29.6. The number of carbonyl (C=O) groups is 2. The summed E-state index contributed by atoms with van der Waals surface area (Å²) in [5, 5.41) is 6.40. The van der Waals surface area contributed by atoms with Gasteiger partial charge in [0.1, 0.15) is 0 Å². The van der Waals surface area contributed by atoms with E-state index < -0.39 is 0 Å². The van der Waals surface area contributed by atoms with Crippen LogP contribution in [0.3, 0.4) is 0 Å². The van der Waals surface area contributed by atoms with Gasteiger partial charge in [-0.05, 0) is 29.8 Å². The molecule has 7 nitrogen and oxygen atoms in total. The zero-order valence-electron chi connectivity index (χ0n) is 12.2. The molecule has 3 heterocycles. The van der Waals surface area contributed by atoms with Crippen molar-refractivity contribution in [3.63, 3.8) is 0 Å². The van der Waals surface area contributed by atoms with E-state index in [0.717, 1.165) is 38.8 Å². The first kappa shape index (κ1) is 14.0. The number of nitrogens with zero attached hydrogens (tertiary/aromatic N) is 3. The summed E-state index contributed by atoms with van der Waals surface area (Å²) in [6, 6.07) is 0. The molecule has 0 aliphatic carbocycles. The highest BCUT2D eigenvalue weighted by Crippen LogP contribution is 2.40. The Morgan fingerprint density at radius 2 is 1.90 bits per heavy atom. The Morgan fingerprint density at radius 1 is 1.24 bits per heavy atom. The summed E-state index contributed by atoms with van der Waals surface area (Å²) < 4.78 is 5.21. The number of rotatable bonds is 3. The molecule has 1 spiro atoms. The minimum absolute atomic E-state index is 0.149. The first-order valence-corrected chi connectivity index (χ1v) is 7.50. The van der Waals surface area contributed by atoms with Crippen LogP contribution in [0.25, 0.3) is 0 Å². The molecule has 2 aliphatic rings. The van der Waals surface area contributed by atoms with Crippen LogP contribution in [0.4, 0.5) is 5.95 Å². The fourth-order valence-corrected chi connectivity index (χ4v) is 3.21. The number of piperidine rings is 2. The van der Waals surface area contributed by atoms with E-state index in [2.05, 4.69) is 27.3 Å². The topological polar surface area (TPSA) is 88.3 Å². The minimum atomic E-state index is -0.175. The Hall–Kier alpha value is -1.92. The average molecular weight is 292 g/mol. The number of aromatic nitrogens is 2. The first-order chi connectivity index (χ1) is 10.1. The lowest BCUT2D eigenvalue weighted by Gasteiger charge is -2.42. The van der Waals surface area contributed by atoms with Crippen molar-refractivity contribution in [2.24, 2.45) is 5.41 Å². The number of hydrogen-bond acceptors (Lipinski definition) is 6. The minimum Gasteiger partial charge on any atom is -0.338 e. The van der Waals surface area contributed by atoms with Gasteiger partial charge in [-0.3, -0.25) is 14.9 Å². The highest BCUT2D eigenvalue weighted by atomic mass is 16.5. The van der Waals surface area contributed by atoms with Crippen molar-refractivity contribution < 1.29 is 14.1 Å². The van der Waals surface area contributed by atoms with Crippen molar-refractivity contribution in [2.75, 3.05) is 18.0 Å². The van der Waals surface area contributed by atoms with Gasteiger partial charge in [-0.2, -0.15) is 4.98 Å². The smallest absolute Gasteiger partial charge is 0.266 e. The van der Waals surface area contributed by atoms with Crippen LogP contribution in [0.2, 0.25) is 0 Å². The van der Waals surface area contributed by atoms with Gasteiger partial charge < -0.3 is 9.42 Å². The maximum absolute atomic E-state index is 11.6. The van der Waals surface area contributed by atoms with Crippen molar-refractivity contribution in [1.82, 2.24) is 15.5 Å². The number of imide groups is 1. The lowest BCUT2D eigenvalue weighted by Crippen LogP contribution is -2.50. The number of nitrogens with one attached hydrogen (secondary N) is 1. The second-order valence-electron chi connectivity index (χ2n) is 6.05. The molecule has 0 radical (unpaired) electrons. The zero-order chi connectivity index (χ0) is 14.9. The van der Waals surface area contributed by atoms with Crippen LogP contribution in [0.1, 0.15) is 44.9 Å². The number of hydrogen-bond donors (Lipinski definition) is 1. The van der Waals surface area contributed by atoms with E-state index in [9.17, 15) is 9.59 Å².